The van der Waals surface area contributed by atoms with Crippen molar-refractivity contribution in [3.05, 3.63) is 41.1 Å². The van der Waals surface area contributed by atoms with Crippen LogP contribution in [0.4, 0.5) is 0 Å². The van der Waals surface area contributed by atoms with Gasteiger partial charge in [0.2, 0.25) is 0 Å². The van der Waals surface area contributed by atoms with Crippen LogP contribution in [0.2, 0.25) is 0 Å². The second-order valence-corrected chi connectivity index (χ2v) is 4.38. The number of rotatable bonds is 4. The molecule has 2 aromatic heterocycles. The number of furan rings is 1. The minimum Gasteiger partial charge on any atom is -0.467 e. The summed E-state index contributed by atoms with van der Waals surface area (Å²) in [6.45, 7) is 4.11. The van der Waals surface area contributed by atoms with Crippen LogP contribution in [0.1, 0.15) is 35.7 Å². The van der Waals surface area contributed by atoms with Gasteiger partial charge in [0.1, 0.15) is 5.76 Å². The van der Waals surface area contributed by atoms with E-state index in [1.807, 2.05) is 24.7 Å². The maximum Gasteiger partial charge on any atom is 0.123 e. The summed E-state index contributed by atoms with van der Waals surface area (Å²) in [7, 11) is 1.95. The molecule has 0 saturated heterocycles. The molecule has 0 aliphatic rings. The van der Waals surface area contributed by atoms with Gasteiger partial charge in [-0.2, -0.15) is 5.10 Å². The van der Waals surface area contributed by atoms with Crippen molar-refractivity contribution in [2.45, 2.75) is 32.7 Å². The predicted molar refractivity (Wildman–Crippen MR) is 66.7 cm³/mol. The van der Waals surface area contributed by atoms with E-state index in [1.165, 1.54) is 0 Å². The summed E-state index contributed by atoms with van der Waals surface area (Å²) in [5, 5.41) is 4.42. The Bertz CT molecular complexity index is 498. The molecule has 1 atom stereocenters. The van der Waals surface area contributed by atoms with Crippen molar-refractivity contribution in [2.24, 2.45) is 12.8 Å². The van der Waals surface area contributed by atoms with Crippen molar-refractivity contribution in [3.63, 3.8) is 0 Å². The van der Waals surface area contributed by atoms with Gasteiger partial charge in [0.05, 0.1) is 18.0 Å². The van der Waals surface area contributed by atoms with E-state index in [0.29, 0.717) is 0 Å². The third-order valence-corrected chi connectivity index (χ3v) is 3.06. The summed E-state index contributed by atoms with van der Waals surface area (Å²) < 4.78 is 7.32. The lowest BCUT2D eigenvalue weighted by atomic mass is 10.1. The maximum atomic E-state index is 6.16. The first-order valence-corrected chi connectivity index (χ1v) is 5.93. The van der Waals surface area contributed by atoms with Crippen LogP contribution in [0.25, 0.3) is 0 Å². The highest BCUT2D eigenvalue weighted by molar-refractivity contribution is 5.20. The number of nitrogens with two attached hydrogens (primary N) is 1. The largest absolute Gasteiger partial charge is 0.467 e. The molecule has 0 amide bonds. The molecule has 2 aromatic rings. The summed E-state index contributed by atoms with van der Waals surface area (Å²) in [5.74, 6) is 0.865. The molecule has 1 unspecified atom stereocenters. The third-order valence-electron chi connectivity index (χ3n) is 3.06. The molecular weight excluding hydrogens is 214 g/mol. The van der Waals surface area contributed by atoms with E-state index >= 15 is 0 Å². The van der Waals surface area contributed by atoms with Crippen molar-refractivity contribution < 1.29 is 4.42 Å². The first kappa shape index (κ1) is 11.9. The zero-order valence-electron chi connectivity index (χ0n) is 10.6. The molecule has 4 heteroatoms. The molecule has 0 aliphatic heterocycles. The highest BCUT2D eigenvalue weighted by Crippen LogP contribution is 2.20. The summed E-state index contributed by atoms with van der Waals surface area (Å²) >= 11 is 0. The molecule has 0 saturated carbocycles. The molecule has 2 rings (SSSR count). The van der Waals surface area contributed by atoms with Gasteiger partial charge in [-0.1, -0.05) is 6.92 Å². The fraction of sp³-hybridized carbons (Fsp3) is 0.462. The molecule has 2 N–H and O–H groups in total. The average molecular weight is 233 g/mol. The van der Waals surface area contributed by atoms with E-state index in [1.54, 1.807) is 6.26 Å². The Balaban J connectivity index is 2.15. The van der Waals surface area contributed by atoms with Crippen molar-refractivity contribution in [1.82, 2.24) is 9.78 Å². The summed E-state index contributed by atoms with van der Waals surface area (Å²) in [6.07, 6.45) is 3.38. The van der Waals surface area contributed by atoms with Crippen molar-refractivity contribution in [1.29, 1.82) is 0 Å². The first-order valence-electron chi connectivity index (χ1n) is 5.93. The van der Waals surface area contributed by atoms with Crippen LogP contribution in [-0.4, -0.2) is 9.78 Å². The number of aryl methyl sites for hydroxylation is 3. The Hall–Kier alpha value is -1.55. The van der Waals surface area contributed by atoms with Gasteiger partial charge in [-0.3, -0.25) is 4.68 Å². The lowest BCUT2D eigenvalue weighted by molar-refractivity contribution is 0.456. The normalized spacial score (nSPS) is 12.9. The Morgan fingerprint density at radius 1 is 1.53 bits per heavy atom. The number of aromatic nitrogens is 2. The van der Waals surface area contributed by atoms with Gasteiger partial charge < -0.3 is 10.2 Å². The minimum atomic E-state index is -0.106. The molecule has 92 valence electrons. The molecule has 0 spiro atoms. The van der Waals surface area contributed by atoms with Crippen LogP contribution < -0.4 is 5.73 Å². The van der Waals surface area contributed by atoms with Crippen molar-refractivity contribution >= 4 is 0 Å². The monoisotopic (exact) mass is 233 g/mol. The van der Waals surface area contributed by atoms with E-state index in [0.717, 1.165) is 35.6 Å². The van der Waals surface area contributed by atoms with Crippen LogP contribution in [0.3, 0.4) is 0 Å². The topological polar surface area (TPSA) is 57.0 Å². The van der Waals surface area contributed by atoms with Crippen LogP contribution in [0.5, 0.6) is 0 Å². The van der Waals surface area contributed by atoms with E-state index in [4.69, 9.17) is 10.2 Å². The molecule has 4 nitrogen and oxygen atoms in total. The van der Waals surface area contributed by atoms with Crippen molar-refractivity contribution in [2.75, 3.05) is 0 Å². The standard InChI is InChI=1S/C13H19N3O/c1-4-10-7-11(16(3)15-10)8-12(14)13-9(2)5-6-17-13/h5-7,12H,4,8,14H2,1-3H3. The van der Waals surface area contributed by atoms with E-state index < -0.39 is 0 Å². The summed E-state index contributed by atoms with van der Waals surface area (Å²) in [5.41, 5.74) is 9.51. The molecular formula is C13H19N3O. The Morgan fingerprint density at radius 2 is 2.29 bits per heavy atom. The number of hydrogen-bond acceptors (Lipinski definition) is 3. The van der Waals surface area contributed by atoms with E-state index in [9.17, 15) is 0 Å². The molecule has 0 radical (unpaired) electrons. The van der Waals surface area contributed by atoms with Crippen LogP contribution in [0.15, 0.2) is 22.8 Å². The molecule has 0 fully saturated rings. The van der Waals surface area contributed by atoms with Gasteiger partial charge in [-0.25, -0.2) is 0 Å². The van der Waals surface area contributed by atoms with Crippen LogP contribution >= 0.6 is 0 Å². The third kappa shape index (κ3) is 2.42. The SMILES string of the molecule is CCc1cc(CC(N)c2occc2C)n(C)n1. The van der Waals surface area contributed by atoms with Crippen LogP contribution in [-0.2, 0) is 19.9 Å². The fourth-order valence-electron chi connectivity index (χ4n) is 2.02. The van der Waals surface area contributed by atoms with E-state index in [2.05, 4.69) is 18.1 Å². The van der Waals surface area contributed by atoms with Gasteiger partial charge in [0.25, 0.3) is 0 Å². The lowest BCUT2D eigenvalue weighted by Crippen LogP contribution is -2.15. The zero-order chi connectivity index (χ0) is 12.4. The predicted octanol–water partition coefficient (Wildman–Crippen LogP) is 2.13. The van der Waals surface area contributed by atoms with Gasteiger partial charge in [-0.05, 0) is 31.0 Å². The highest BCUT2D eigenvalue weighted by atomic mass is 16.3. The molecule has 2 heterocycles. The van der Waals surface area contributed by atoms with Crippen LogP contribution in [0, 0.1) is 6.92 Å². The second-order valence-electron chi connectivity index (χ2n) is 4.38. The maximum absolute atomic E-state index is 6.16. The Kier molecular flexibility index (Phi) is 3.33. The van der Waals surface area contributed by atoms with Gasteiger partial charge >= 0.3 is 0 Å². The van der Waals surface area contributed by atoms with Crippen molar-refractivity contribution in [3.8, 4) is 0 Å². The van der Waals surface area contributed by atoms with Gasteiger partial charge in [-0.15, -0.1) is 0 Å². The molecule has 0 aromatic carbocycles. The first-order chi connectivity index (χ1) is 8.11. The lowest BCUT2D eigenvalue weighted by Gasteiger charge is -2.09. The quantitative estimate of drug-likeness (QED) is 0.880. The highest BCUT2D eigenvalue weighted by Gasteiger charge is 2.15. The molecule has 0 aliphatic carbocycles. The van der Waals surface area contributed by atoms with E-state index in [-0.39, 0.29) is 6.04 Å². The smallest absolute Gasteiger partial charge is 0.123 e. The van der Waals surface area contributed by atoms with Gasteiger partial charge in [0, 0.05) is 19.2 Å². The number of nitrogens with zero attached hydrogens (tertiary/aromatic N) is 2. The second kappa shape index (κ2) is 4.75. The molecule has 17 heavy (non-hydrogen) atoms. The van der Waals surface area contributed by atoms with Gasteiger partial charge in [0.15, 0.2) is 0 Å². The summed E-state index contributed by atoms with van der Waals surface area (Å²) in [6, 6.07) is 3.94. The molecule has 0 bridgehead atoms. The fourth-order valence-corrected chi connectivity index (χ4v) is 2.02. The zero-order valence-corrected chi connectivity index (χ0v) is 10.6. The Morgan fingerprint density at radius 3 is 2.82 bits per heavy atom. The summed E-state index contributed by atoms with van der Waals surface area (Å²) in [4.78, 5) is 0. The Labute approximate surface area is 101 Å². The number of hydrogen-bond donors (Lipinski definition) is 1. The average Bonchev–Trinajstić information content (AvgIpc) is 2.86. The minimum absolute atomic E-state index is 0.106.